The van der Waals surface area contributed by atoms with E-state index in [4.69, 9.17) is 0 Å². The lowest BCUT2D eigenvalue weighted by Crippen LogP contribution is -2.35. The van der Waals surface area contributed by atoms with Gasteiger partial charge >= 0.3 is 0 Å². The monoisotopic (exact) mass is 280 g/mol. The molecule has 3 heteroatoms. The molecule has 2 N–H and O–H groups in total. The van der Waals surface area contributed by atoms with Gasteiger partial charge in [-0.05, 0) is 43.0 Å². The van der Waals surface area contributed by atoms with E-state index in [0.29, 0.717) is 5.56 Å². The highest BCUT2D eigenvalue weighted by atomic mass is 16.1. The topological polar surface area (TPSA) is 41.1 Å². The zero-order valence-electron chi connectivity index (χ0n) is 12.4. The first-order chi connectivity index (χ1) is 10.2. The van der Waals surface area contributed by atoms with Crippen LogP contribution in [0.2, 0.25) is 0 Å². The third-order valence-electron chi connectivity index (χ3n) is 4.08. The number of carbonyl (C=O) groups is 1. The number of benzene rings is 2. The Morgan fingerprint density at radius 1 is 1.10 bits per heavy atom. The first-order valence-electron chi connectivity index (χ1n) is 7.33. The van der Waals surface area contributed by atoms with E-state index in [9.17, 15) is 4.79 Å². The van der Waals surface area contributed by atoms with E-state index < -0.39 is 0 Å². The van der Waals surface area contributed by atoms with Gasteiger partial charge in [-0.15, -0.1) is 0 Å². The Bertz CT molecular complexity index is 654. The Balaban J connectivity index is 1.75. The van der Waals surface area contributed by atoms with Crippen molar-refractivity contribution in [1.29, 1.82) is 0 Å². The summed E-state index contributed by atoms with van der Waals surface area (Å²) in [6.07, 6.45) is 1.84. The van der Waals surface area contributed by atoms with Crippen molar-refractivity contribution in [2.75, 3.05) is 12.4 Å². The minimum atomic E-state index is 0.000793. The van der Waals surface area contributed by atoms with Gasteiger partial charge in [-0.3, -0.25) is 4.79 Å². The Hall–Kier alpha value is -2.29. The van der Waals surface area contributed by atoms with Gasteiger partial charge in [0.05, 0.1) is 5.56 Å². The zero-order chi connectivity index (χ0) is 14.8. The summed E-state index contributed by atoms with van der Waals surface area (Å²) >= 11 is 0. The highest BCUT2D eigenvalue weighted by Gasteiger charge is 2.23. The number of hydrogen-bond acceptors (Lipinski definition) is 2. The zero-order valence-corrected chi connectivity index (χ0v) is 12.4. The molecule has 1 amide bonds. The van der Waals surface area contributed by atoms with Gasteiger partial charge in [-0.2, -0.15) is 0 Å². The SMILES string of the molecule is CNc1ccc(C)cc1C(=O)NC1Cc2ccccc2C1. The standard InChI is InChI=1S/C18H20N2O/c1-12-7-8-17(19-2)16(9-12)18(21)20-15-10-13-5-3-4-6-14(13)11-15/h3-9,15,19H,10-11H2,1-2H3,(H,20,21). The first-order valence-corrected chi connectivity index (χ1v) is 7.33. The fourth-order valence-electron chi connectivity index (χ4n) is 2.99. The van der Waals surface area contributed by atoms with Crippen LogP contribution in [-0.4, -0.2) is 19.0 Å². The molecule has 0 spiro atoms. The predicted molar refractivity (Wildman–Crippen MR) is 85.8 cm³/mol. The normalized spacial score (nSPS) is 13.8. The Labute approximate surface area is 125 Å². The summed E-state index contributed by atoms with van der Waals surface area (Å²) < 4.78 is 0. The van der Waals surface area contributed by atoms with Gasteiger partial charge < -0.3 is 10.6 Å². The number of carbonyl (C=O) groups excluding carboxylic acids is 1. The molecule has 108 valence electrons. The molecule has 0 aliphatic heterocycles. The summed E-state index contributed by atoms with van der Waals surface area (Å²) in [6, 6.07) is 14.5. The van der Waals surface area contributed by atoms with Crippen LogP contribution in [0, 0.1) is 6.92 Å². The number of nitrogens with one attached hydrogen (secondary N) is 2. The van der Waals surface area contributed by atoms with E-state index in [2.05, 4.69) is 34.9 Å². The summed E-state index contributed by atoms with van der Waals surface area (Å²) in [7, 11) is 1.84. The number of hydrogen-bond donors (Lipinski definition) is 2. The van der Waals surface area contributed by atoms with Crippen LogP contribution in [0.3, 0.4) is 0 Å². The fraction of sp³-hybridized carbons (Fsp3) is 0.278. The maximum absolute atomic E-state index is 12.5. The minimum absolute atomic E-state index is 0.000793. The molecule has 0 atom stereocenters. The van der Waals surface area contributed by atoms with Crippen molar-refractivity contribution < 1.29 is 4.79 Å². The van der Waals surface area contributed by atoms with Crippen molar-refractivity contribution >= 4 is 11.6 Å². The smallest absolute Gasteiger partial charge is 0.253 e. The third kappa shape index (κ3) is 2.77. The van der Waals surface area contributed by atoms with Crippen molar-refractivity contribution in [3.05, 3.63) is 64.7 Å². The summed E-state index contributed by atoms with van der Waals surface area (Å²) in [5.41, 5.74) is 5.37. The van der Waals surface area contributed by atoms with Crippen molar-refractivity contribution in [3.8, 4) is 0 Å². The first kappa shape index (κ1) is 13.7. The Morgan fingerprint density at radius 3 is 2.38 bits per heavy atom. The number of rotatable bonds is 3. The molecule has 0 bridgehead atoms. The molecule has 0 fully saturated rings. The van der Waals surface area contributed by atoms with E-state index in [1.165, 1.54) is 11.1 Å². The van der Waals surface area contributed by atoms with Gasteiger partial charge in [0.1, 0.15) is 0 Å². The average molecular weight is 280 g/mol. The molecular formula is C18H20N2O. The fourth-order valence-corrected chi connectivity index (χ4v) is 2.99. The lowest BCUT2D eigenvalue weighted by Gasteiger charge is -2.15. The maximum atomic E-state index is 12.5. The summed E-state index contributed by atoms with van der Waals surface area (Å²) in [6.45, 7) is 2.00. The summed E-state index contributed by atoms with van der Waals surface area (Å²) in [5, 5.41) is 6.25. The summed E-state index contributed by atoms with van der Waals surface area (Å²) in [5.74, 6) is 0.000793. The van der Waals surface area contributed by atoms with E-state index in [-0.39, 0.29) is 11.9 Å². The van der Waals surface area contributed by atoms with Crippen LogP contribution in [0.5, 0.6) is 0 Å². The van der Waals surface area contributed by atoms with E-state index >= 15 is 0 Å². The molecule has 3 rings (SSSR count). The Morgan fingerprint density at radius 2 is 1.76 bits per heavy atom. The number of aryl methyl sites for hydroxylation is 1. The molecule has 0 aromatic heterocycles. The molecule has 3 nitrogen and oxygen atoms in total. The van der Waals surface area contributed by atoms with E-state index in [0.717, 1.165) is 24.1 Å². The van der Waals surface area contributed by atoms with Crippen LogP contribution in [0.4, 0.5) is 5.69 Å². The van der Waals surface area contributed by atoms with Gasteiger partial charge in [0, 0.05) is 18.8 Å². The van der Waals surface area contributed by atoms with Gasteiger partial charge in [-0.25, -0.2) is 0 Å². The van der Waals surface area contributed by atoms with Gasteiger partial charge in [0.25, 0.3) is 5.91 Å². The number of anilines is 1. The number of fused-ring (bicyclic) bond motifs is 1. The van der Waals surface area contributed by atoms with Crippen molar-refractivity contribution in [2.45, 2.75) is 25.8 Å². The molecule has 0 heterocycles. The van der Waals surface area contributed by atoms with E-state index in [1.54, 1.807) is 0 Å². The molecule has 2 aromatic rings. The largest absolute Gasteiger partial charge is 0.387 e. The van der Waals surface area contributed by atoms with Crippen LogP contribution in [0.25, 0.3) is 0 Å². The molecular weight excluding hydrogens is 260 g/mol. The lowest BCUT2D eigenvalue weighted by molar-refractivity contribution is 0.0939. The minimum Gasteiger partial charge on any atom is -0.387 e. The molecule has 0 radical (unpaired) electrons. The Kier molecular flexibility index (Phi) is 3.65. The average Bonchev–Trinajstić information content (AvgIpc) is 2.89. The maximum Gasteiger partial charge on any atom is 0.253 e. The van der Waals surface area contributed by atoms with Crippen molar-refractivity contribution in [3.63, 3.8) is 0 Å². The second-order valence-electron chi connectivity index (χ2n) is 5.65. The van der Waals surface area contributed by atoms with Crippen LogP contribution in [-0.2, 0) is 12.8 Å². The van der Waals surface area contributed by atoms with E-state index in [1.807, 2.05) is 32.2 Å². The molecule has 0 saturated carbocycles. The molecule has 0 unspecified atom stereocenters. The lowest BCUT2D eigenvalue weighted by atomic mass is 10.1. The van der Waals surface area contributed by atoms with Crippen molar-refractivity contribution in [2.24, 2.45) is 0 Å². The van der Waals surface area contributed by atoms with Gasteiger partial charge in [0.15, 0.2) is 0 Å². The highest BCUT2D eigenvalue weighted by Crippen LogP contribution is 2.23. The van der Waals surface area contributed by atoms with Crippen molar-refractivity contribution in [1.82, 2.24) is 5.32 Å². The quantitative estimate of drug-likeness (QED) is 0.907. The summed E-state index contributed by atoms with van der Waals surface area (Å²) in [4.78, 5) is 12.5. The molecule has 2 aromatic carbocycles. The van der Waals surface area contributed by atoms with Crippen LogP contribution < -0.4 is 10.6 Å². The van der Waals surface area contributed by atoms with Crippen LogP contribution in [0.1, 0.15) is 27.0 Å². The second kappa shape index (κ2) is 5.60. The predicted octanol–water partition coefficient (Wildman–Crippen LogP) is 2.93. The second-order valence-corrected chi connectivity index (χ2v) is 5.65. The highest BCUT2D eigenvalue weighted by molar-refractivity contribution is 6.00. The van der Waals surface area contributed by atoms with Crippen LogP contribution in [0.15, 0.2) is 42.5 Å². The van der Waals surface area contributed by atoms with Gasteiger partial charge in [-0.1, -0.05) is 35.9 Å². The molecule has 1 aliphatic carbocycles. The van der Waals surface area contributed by atoms with Crippen LogP contribution >= 0.6 is 0 Å². The van der Waals surface area contributed by atoms with Gasteiger partial charge in [0.2, 0.25) is 0 Å². The number of amides is 1. The molecule has 0 saturated heterocycles. The molecule has 21 heavy (non-hydrogen) atoms. The molecule has 1 aliphatic rings. The third-order valence-corrected chi connectivity index (χ3v) is 4.08.